The summed E-state index contributed by atoms with van der Waals surface area (Å²) in [5.74, 6) is 1.25. The highest BCUT2D eigenvalue weighted by molar-refractivity contribution is 6.47. The Morgan fingerprint density at radius 3 is 2.48 bits per heavy atom. The topological polar surface area (TPSA) is 47.6 Å². The van der Waals surface area contributed by atoms with Crippen LogP contribution in [0.4, 0.5) is 0 Å². The molecule has 1 N–H and O–H groups in total. The van der Waals surface area contributed by atoms with E-state index < -0.39 is 0 Å². The molecule has 0 radical (unpaired) electrons. The molecule has 1 saturated heterocycles. The van der Waals surface area contributed by atoms with Gasteiger partial charge in [-0.15, -0.1) is 0 Å². The average molecular weight is 293 g/mol. The van der Waals surface area contributed by atoms with Crippen molar-refractivity contribution in [3.05, 3.63) is 0 Å². The molecule has 1 aliphatic heterocycles. The first kappa shape index (κ1) is 15.4. The maximum Gasteiger partial charge on any atom is 0.481 e. The Morgan fingerprint density at radius 2 is 1.90 bits per heavy atom. The van der Waals surface area contributed by atoms with E-state index in [2.05, 4.69) is 26.1 Å². The van der Waals surface area contributed by atoms with E-state index in [1.54, 1.807) is 0 Å². The summed E-state index contributed by atoms with van der Waals surface area (Å²) in [6, 6.07) is 0. The number of rotatable bonds is 3. The molecule has 0 aromatic carbocycles. The van der Waals surface area contributed by atoms with E-state index in [1.807, 2.05) is 20.8 Å². The van der Waals surface area contributed by atoms with E-state index in [1.165, 1.54) is 6.42 Å². The Labute approximate surface area is 128 Å². The lowest BCUT2D eigenvalue weighted by Crippen LogP contribution is -2.65. The van der Waals surface area contributed by atoms with Crippen LogP contribution in [0.1, 0.15) is 54.4 Å². The van der Waals surface area contributed by atoms with E-state index in [9.17, 15) is 4.79 Å². The van der Waals surface area contributed by atoms with Crippen LogP contribution in [0.3, 0.4) is 0 Å². The second-order valence-corrected chi connectivity index (χ2v) is 8.29. The molecule has 0 spiro atoms. The van der Waals surface area contributed by atoms with Crippen LogP contribution in [0.25, 0.3) is 0 Å². The third-order valence-corrected chi connectivity index (χ3v) is 6.27. The van der Waals surface area contributed by atoms with Gasteiger partial charge in [0.15, 0.2) is 0 Å². The van der Waals surface area contributed by atoms with Crippen molar-refractivity contribution in [2.24, 2.45) is 23.2 Å². The molecule has 5 heteroatoms. The van der Waals surface area contributed by atoms with Gasteiger partial charge in [0.2, 0.25) is 5.91 Å². The summed E-state index contributed by atoms with van der Waals surface area (Å²) < 4.78 is 12.5. The van der Waals surface area contributed by atoms with E-state index in [4.69, 9.17) is 9.31 Å². The molecule has 4 fully saturated rings. The fourth-order valence-corrected chi connectivity index (χ4v) is 4.57. The smallest absolute Gasteiger partial charge is 0.404 e. The Kier molecular flexibility index (Phi) is 3.45. The van der Waals surface area contributed by atoms with Gasteiger partial charge in [0, 0.05) is 5.92 Å². The van der Waals surface area contributed by atoms with Gasteiger partial charge in [0.1, 0.15) is 0 Å². The molecule has 4 rings (SSSR count). The number of amides is 1. The van der Waals surface area contributed by atoms with Gasteiger partial charge in [-0.25, -0.2) is 0 Å². The molecule has 3 saturated carbocycles. The maximum absolute atomic E-state index is 11.9. The molecule has 4 nitrogen and oxygen atoms in total. The molecule has 1 amide bonds. The highest BCUT2D eigenvalue weighted by Gasteiger charge is 2.68. The van der Waals surface area contributed by atoms with Crippen LogP contribution in [0, 0.1) is 23.2 Å². The van der Waals surface area contributed by atoms with Crippen molar-refractivity contribution >= 4 is 13.0 Å². The number of hydrogen-bond donors (Lipinski definition) is 1. The minimum absolute atomic E-state index is 0.0153. The molecule has 2 bridgehead atoms. The SMILES string of the molecule is CC(C)C(=O)N[C@@H](C)B1O[C@@H]2C[C@@H]3C[C@@H](C3(C)C)[C@]2(C)O1. The Morgan fingerprint density at radius 1 is 1.24 bits per heavy atom. The average Bonchev–Trinajstić information content (AvgIpc) is 2.74. The van der Waals surface area contributed by atoms with Crippen molar-refractivity contribution in [3.8, 4) is 0 Å². The van der Waals surface area contributed by atoms with E-state index >= 15 is 0 Å². The predicted octanol–water partition coefficient (Wildman–Crippen LogP) is 2.41. The van der Waals surface area contributed by atoms with E-state index in [-0.39, 0.29) is 36.6 Å². The van der Waals surface area contributed by atoms with Crippen LogP contribution in [0.15, 0.2) is 0 Å². The molecule has 4 aliphatic rings. The standard InChI is InChI=1S/C16H28BNO3/c1-9(2)14(19)18-10(3)17-20-13-8-11-7-12(15(11,4)5)16(13,6)21-17/h9-13H,7-8H2,1-6H3,(H,18,19)/t10-,11-,12-,13+,16-/m0/s1. The van der Waals surface area contributed by atoms with Gasteiger partial charge < -0.3 is 14.6 Å². The highest BCUT2D eigenvalue weighted by atomic mass is 16.7. The summed E-state index contributed by atoms with van der Waals surface area (Å²) in [5, 5.41) is 3.01. The minimum Gasteiger partial charge on any atom is -0.404 e. The number of carbonyl (C=O) groups excluding carboxylic acids is 1. The molecule has 21 heavy (non-hydrogen) atoms. The van der Waals surface area contributed by atoms with Crippen LogP contribution < -0.4 is 5.32 Å². The van der Waals surface area contributed by atoms with E-state index in [0.717, 1.165) is 12.3 Å². The summed E-state index contributed by atoms with van der Waals surface area (Å²) in [5.41, 5.74) is 0.160. The first-order chi connectivity index (χ1) is 9.66. The zero-order chi connectivity index (χ0) is 15.6. The number of carbonyl (C=O) groups is 1. The second-order valence-electron chi connectivity index (χ2n) is 8.29. The zero-order valence-electron chi connectivity index (χ0n) is 14.1. The Bertz CT molecular complexity index is 453. The monoisotopic (exact) mass is 293 g/mol. The molecule has 3 aliphatic carbocycles. The van der Waals surface area contributed by atoms with Crippen molar-refractivity contribution in [2.75, 3.05) is 0 Å². The molecule has 0 aromatic rings. The summed E-state index contributed by atoms with van der Waals surface area (Å²) in [7, 11) is -0.321. The van der Waals surface area contributed by atoms with E-state index in [0.29, 0.717) is 11.3 Å². The van der Waals surface area contributed by atoms with Crippen molar-refractivity contribution < 1.29 is 14.1 Å². The number of hydrogen-bond acceptors (Lipinski definition) is 3. The molecule has 1 heterocycles. The Balaban J connectivity index is 1.69. The largest absolute Gasteiger partial charge is 0.481 e. The fourth-order valence-electron chi connectivity index (χ4n) is 4.57. The first-order valence-corrected chi connectivity index (χ1v) is 8.30. The minimum atomic E-state index is -0.321. The normalized spacial score (nSPS) is 41.5. The highest BCUT2D eigenvalue weighted by Crippen LogP contribution is 2.65. The molecule has 5 atom stereocenters. The van der Waals surface area contributed by atoms with Crippen LogP contribution in [-0.4, -0.2) is 30.7 Å². The third kappa shape index (κ3) is 2.15. The van der Waals surface area contributed by atoms with Gasteiger partial charge >= 0.3 is 7.12 Å². The van der Waals surface area contributed by atoms with Crippen LogP contribution >= 0.6 is 0 Å². The summed E-state index contributed by atoms with van der Waals surface area (Å²) in [6.07, 6.45) is 2.52. The third-order valence-electron chi connectivity index (χ3n) is 6.27. The molecule has 118 valence electrons. The maximum atomic E-state index is 11.9. The zero-order valence-corrected chi connectivity index (χ0v) is 14.1. The summed E-state index contributed by atoms with van der Waals surface area (Å²) in [6.45, 7) is 12.7. The quantitative estimate of drug-likeness (QED) is 0.813. The fraction of sp³-hybridized carbons (Fsp3) is 0.938. The summed E-state index contributed by atoms with van der Waals surface area (Å²) in [4.78, 5) is 11.9. The lowest BCUT2D eigenvalue weighted by molar-refractivity contribution is -0.199. The Hall–Kier alpha value is -0.545. The van der Waals surface area contributed by atoms with Crippen molar-refractivity contribution in [2.45, 2.75) is 72.0 Å². The summed E-state index contributed by atoms with van der Waals surface area (Å²) >= 11 is 0. The van der Waals surface area contributed by atoms with Gasteiger partial charge in [-0.2, -0.15) is 0 Å². The van der Waals surface area contributed by atoms with Crippen LogP contribution in [-0.2, 0) is 14.1 Å². The lowest BCUT2D eigenvalue weighted by Gasteiger charge is -2.64. The predicted molar refractivity (Wildman–Crippen MR) is 82.6 cm³/mol. The lowest BCUT2D eigenvalue weighted by atomic mass is 9.43. The van der Waals surface area contributed by atoms with Gasteiger partial charge in [-0.3, -0.25) is 4.79 Å². The van der Waals surface area contributed by atoms with Gasteiger partial charge in [-0.1, -0.05) is 27.7 Å². The molecular weight excluding hydrogens is 265 g/mol. The van der Waals surface area contributed by atoms with Crippen molar-refractivity contribution in [1.29, 1.82) is 0 Å². The van der Waals surface area contributed by atoms with Gasteiger partial charge in [-0.05, 0) is 43.9 Å². The van der Waals surface area contributed by atoms with Crippen LogP contribution in [0.2, 0.25) is 0 Å². The first-order valence-electron chi connectivity index (χ1n) is 8.30. The molecule has 0 unspecified atom stereocenters. The second kappa shape index (κ2) is 4.72. The number of nitrogens with one attached hydrogen (secondary N) is 1. The van der Waals surface area contributed by atoms with Gasteiger partial charge in [0.05, 0.1) is 17.6 Å². The van der Waals surface area contributed by atoms with Gasteiger partial charge in [0.25, 0.3) is 0 Å². The van der Waals surface area contributed by atoms with Crippen LogP contribution in [0.5, 0.6) is 0 Å². The van der Waals surface area contributed by atoms with Crippen molar-refractivity contribution in [1.82, 2.24) is 5.32 Å². The molecular formula is C16H28BNO3. The van der Waals surface area contributed by atoms with Crippen molar-refractivity contribution in [3.63, 3.8) is 0 Å². The molecule has 0 aromatic heterocycles.